The number of carbonyl (C=O) groups is 1. The minimum atomic E-state index is -4.06. The van der Waals surface area contributed by atoms with Crippen LogP contribution < -0.4 is 5.43 Å². The lowest BCUT2D eigenvalue weighted by Crippen LogP contribution is -2.39. The van der Waals surface area contributed by atoms with Gasteiger partial charge in [0.2, 0.25) is 10.0 Å². The van der Waals surface area contributed by atoms with E-state index in [-0.39, 0.29) is 17.0 Å². The van der Waals surface area contributed by atoms with Crippen LogP contribution in [0.3, 0.4) is 0 Å². The monoisotopic (exact) mass is 467 g/mol. The van der Waals surface area contributed by atoms with Crippen LogP contribution in [0, 0.1) is 12.7 Å². The summed E-state index contributed by atoms with van der Waals surface area (Å²) in [4.78, 5) is 12.6. The maximum Gasteiger partial charge on any atom is 0.255 e. The van der Waals surface area contributed by atoms with E-state index in [2.05, 4.69) is 17.5 Å². The Morgan fingerprint density at radius 1 is 1.03 bits per heavy atom. The number of hydrogen-bond acceptors (Lipinski definition) is 4. The van der Waals surface area contributed by atoms with E-state index in [0.29, 0.717) is 0 Å². The van der Waals surface area contributed by atoms with Gasteiger partial charge in [-0.25, -0.2) is 18.2 Å². The third-order valence-electron chi connectivity index (χ3n) is 5.07. The first-order chi connectivity index (χ1) is 15.8. The van der Waals surface area contributed by atoms with Crippen molar-refractivity contribution < 1.29 is 17.6 Å². The smallest absolute Gasteiger partial charge is 0.255 e. The van der Waals surface area contributed by atoms with Gasteiger partial charge >= 0.3 is 0 Å². The number of halogens is 1. The molecule has 3 aromatic rings. The highest BCUT2D eigenvalue weighted by Crippen LogP contribution is 2.20. The molecule has 0 saturated heterocycles. The summed E-state index contributed by atoms with van der Waals surface area (Å²) in [5, 5.41) is 3.92. The lowest BCUT2D eigenvalue weighted by Gasteiger charge is -2.22. The standard InChI is InChI=1S/C25H26FN3O3S/c1-3-20-10-12-21(13-11-20)16-27-28-25(30)18-29(17-22-6-4-5-7-24(22)26)33(31,32)23-14-8-19(2)9-15-23/h4-16H,3,17-18H2,1-2H3,(H,28,30)/b27-16-. The van der Waals surface area contributed by atoms with Gasteiger partial charge in [-0.1, -0.05) is 67.1 Å². The van der Waals surface area contributed by atoms with Gasteiger partial charge < -0.3 is 0 Å². The molecule has 0 unspecified atom stereocenters. The van der Waals surface area contributed by atoms with Crippen molar-refractivity contribution in [2.45, 2.75) is 31.7 Å². The molecular formula is C25H26FN3O3S. The van der Waals surface area contributed by atoms with E-state index in [1.165, 1.54) is 42.1 Å². The van der Waals surface area contributed by atoms with Crippen molar-refractivity contribution in [3.63, 3.8) is 0 Å². The largest absolute Gasteiger partial charge is 0.272 e. The Labute approximate surface area is 193 Å². The third kappa shape index (κ3) is 6.57. The summed E-state index contributed by atoms with van der Waals surface area (Å²) >= 11 is 0. The molecular weight excluding hydrogens is 441 g/mol. The van der Waals surface area contributed by atoms with Crippen molar-refractivity contribution in [1.29, 1.82) is 0 Å². The van der Waals surface area contributed by atoms with Crippen molar-refractivity contribution in [3.8, 4) is 0 Å². The van der Waals surface area contributed by atoms with Gasteiger partial charge in [-0.3, -0.25) is 4.79 Å². The number of hydrazone groups is 1. The van der Waals surface area contributed by atoms with E-state index in [9.17, 15) is 17.6 Å². The molecule has 0 atom stereocenters. The van der Waals surface area contributed by atoms with Gasteiger partial charge in [-0.2, -0.15) is 9.41 Å². The topological polar surface area (TPSA) is 78.8 Å². The van der Waals surface area contributed by atoms with Crippen molar-refractivity contribution in [1.82, 2.24) is 9.73 Å². The molecule has 0 fully saturated rings. The minimum absolute atomic E-state index is 0.0248. The summed E-state index contributed by atoms with van der Waals surface area (Å²) in [5.41, 5.74) is 5.39. The van der Waals surface area contributed by atoms with E-state index in [1.54, 1.807) is 18.2 Å². The molecule has 3 aromatic carbocycles. The highest BCUT2D eigenvalue weighted by atomic mass is 32.2. The van der Waals surface area contributed by atoms with Gasteiger partial charge in [0, 0.05) is 12.1 Å². The Balaban J connectivity index is 1.78. The molecule has 1 amide bonds. The maximum absolute atomic E-state index is 14.2. The predicted molar refractivity (Wildman–Crippen MR) is 127 cm³/mol. The Hall–Kier alpha value is -3.36. The lowest BCUT2D eigenvalue weighted by atomic mass is 10.1. The zero-order chi connectivity index (χ0) is 23.8. The van der Waals surface area contributed by atoms with Crippen LogP contribution in [0.1, 0.15) is 29.2 Å². The van der Waals surface area contributed by atoms with Crippen molar-refractivity contribution in [2.75, 3.05) is 6.54 Å². The molecule has 3 rings (SSSR count). The molecule has 172 valence electrons. The van der Waals surface area contributed by atoms with Crippen molar-refractivity contribution in [3.05, 3.63) is 101 Å². The molecule has 0 radical (unpaired) electrons. The Kier molecular flexibility index (Phi) is 8.08. The second-order valence-electron chi connectivity index (χ2n) is 7.57. The summed E-state index contributed by atoms with van der Waals surface area (Å²) < 4.78 is 41.6. The van der Waals surface area contributed by atoms with E-state index in [4.69, 9.17) is 0 Å². The Morgan fingerprint density at radius 3 is 2.33 bits per heavy atom. The van der Waals surface area contributed by atoms with Crippen LogP contribution in [-0.4, -0.2) is 31.4 Å². The molecule has 0 spiro atoms. The average Bonchev–Trinajstić information content (AvgIpc) is 2.80. The SMILES string of the molecule is CCc1ccc(/C=N\NC(=O)CN(Cc2ccccc2F)S(=O)(=O)c2ccc(C)cc2)cc1. The summed E-state index contributed by atoms with van der Waals surface area (Å²) in [6, 6.07) is 19.8. The molecule has 0 aliphatic rings. The fourth-order valence-corrected chi connectivity index (χ4v) is 4.49. The zero-order valence-corrected chi connectivity index (χ0v) is 19.3. The van der Waals surface area contributed by atoms with Crippen LogP contribution >= 0.6 is 0 Å². The quantitative estimate of drug-likeness (QED) is 0.381. The lowest BCUT2D eigenvalue weighted by molar-refractivity contribution is -0.121. The van der Waals surface area contributed by atoms with Crippen molar-refractivity contribution >= 4 is 22.1 Å². The number of sulfonamides is 1. The zero-order valence-electron chi connectivity index (χ0n) is 18.5. The summed E-state index contributed by atoms with van der Waals surface area (Å²) in [6.07, 6.45) is 2.40. The van der Waals surface area contributed by atoms with Crippen LogP contribution in [0.15, 0.2) is 82.8 Å². The molecule has 0 heterocycles. The second kappa shape index (κ2) is 11.0. The van der Waals surface area contributed by atoms with Gasteiger partial charge in [-0.15, -0.1) is 0 Å². The number of amides is 1. The molecule has 0 aliphatic heterocycles. The number of rotatable bonds is 9. The summed E-state index contributed by atoms with van der Waals surface area (Å²) in [7, 11) is -4.06. The van der Waals surface area contributed by atoms with Crippen LogP contribution in [0.5, 0.6) is 0 Å². The number of hydrogen-bond donors (Lipinski definition) is 1. The number of benzene rings is 3. The third-order valence-corrected chi connectivity index (χ3v) is 6.88. The molecule has 1 N–H and O–H groups in total. The van der Waals surface area contributed by atoms with Gasteiger partial charge in [0.15, 0.2) is 0 Å². The van der Waals surface area contributed by atoms with Crippen LogP contribution in [0.25, 0.3) is 0 Å². The van der Waals surface area contributed by atoms with Crippen LogP contribution in [0.4, 0.5) is 4.39 Å². The first-order valence-electron chi connectivity index (χ1n) is 10.5. The molecule has 6 nitrogen and oxygen atoms in total. The predicted octanol–water partition coefficient (Wildman–Crippen LogP) is 4.04. The number of carbonyl (C=O) groups excluding carboxylic acids is 1. The number of aryl methyl sites for hydroxylation is 2. The fourth-order valence-electron chi connectivity index (χ4n) is 3.12. The minimum Gasteiger partial charge on any atom is -0.272 e. The van der Waals surface area contributed by atoms with Crippen LogP contribution in [0.2, 0.25) is 0 Å². The molecule has 33 heavy (non-hydrogen) atoms. The molecule has 0 aromatic heterocycles. The average molecular weight is 468 g/mol. The van der Waals surface area contributed by atoms with Gasteiger partial charge in [-0.05, 0) is 42.7 Å². The first-order valence-corrected chi connectivity index (χ1v) is 11.9. The maximum atomic E-state index is 14.2. The number of nitrogens with one attached hydrogen (secondary N) is 1. The normalized spacial score (nSPS) is 11.8. The van der Waals surface area contributed by atoms with Gasteiger partial charge in [0.25, 0.3) is 5.91 Å². The van der Waals surface area contributed by atoms with E-state index < -0.39 is 28.3 Å². The summed E-state index contributed by atoms with van der Waals surface area (Å²) in [6.45, 7) is 3.09. The number of nitrogens with zero attached hydrogens (tertiary/aromatic N) is 2. The van der Waals surface area contributed by atoms with E-state index in [0.717, 1.165) is 21.9 Å². The van der Waals surface area contributed by atoms with E-state index in [1.807, 2.05) is 31.2 Å². The van der Waals surface area contributed by atoms with E-state index >= 15 is 0 Å². The Bertz CT molecular complexity index is 1220. The molecule has 0 saturated carbocycles. The molecule has 0 aliphatic carbocycles. The van der Waals surface area contributed by atoms with Gasteiger partial charge in [0.1, 0.15) is 5.82 Å². The molecule has 0 bridgehead atoms. The molecule has 8 heteroatoms. The summed E-state index contributed by atoms with van der Waals surface area (Å²) in [5.74, 6) is -1.18. The highest BCUT2D eigenvalue weighted by molar-refractivity contribution is 7.89. The Morgan fingerprint density at radius 2 is 1.70 bits per heavy atom. The highest BCUT2D eigenvalue weighted by Gasteiger charge is 2.27. The van der Waals surface area contributed by atoms with Crippen molar-refractivity contribution in [2.24, 2.45) is 5.10 Å². The van der Waals surface area contributed by atoms with Gasteiger partial charge in [0.05, 0.1) is 17.7 Å². The first kappa shape index (κ1) is 24.3. The van der Waals surface area contributed by atoms with Crippen LogP contribution in [-0.2, 0) is 27.8 Å². The second-order valence-corrected chi connectivity index (χ2v) is 9.50. The fraction of sp³-hybridized carbons (Fsp3) is 0.200.